The average molecular weight is 309 g/mol. The van der Waals surface area contributed by atoms with Crippen LogP contribution in [0.4, 0.5) is 0 Å². The molecule has 0 saturated heterocycles. The maximum absolute atomic E-state index is 12.2. The third-order valence-corrected chi connectivity index (χ3v) is 4.54. The van der Waals surface area contributed by atoms with E-state index in [1.807, 2.05) is 11.0 Å². The Morgan fingerprint density at radius 3 is 2.43 bits per heavy atom. The first kappa shape index (κ1) is 15.6. The minimum Gasteiger partial charge on any atom is -0.497 e. The highest BCUT2D eigenvalue weighted by atomic mass is 16.5. The van der Waals surface area contributed by atoms with E-state index in [0.29, 0.717) is 0 Å². The molecular formula is C20H23NO2. The van der Waals surface area contributed by atoms with Crippen molar-refractivity contribution in [2.24, 2.45) is 0 Å². The van der Waals surface area contributed by atoms with Gasteiger partial charge >= 0.3 is 0 Å². The Balaban J connectivity index is 2.15. The fourth-order valence-electron chi connectivity index (χ4n) is 3.60. The lowest BCUT2D eigenvalue weighted by Gasteiger charge is -2.37. The van der Waals surface area contributed by atoms with Crippen LogP contribution in [-0.2, 0) is 11.2 Å². The Morgan fingerprint density at radius 1 is 1.13 bits per heavy atom. The Hall–Kier alpha value is -2.29. The van der Waals surface area contributed by atoms with Gasteiger partial charge in [0.15, 0.2) is 0 Å². The maximum Gasteiger partial charge on any atom is 0.220 e. The molecule has 0 fully saturated rings. The second kappa shape index (κ2) is 6.07. The molecule has 2 aromatic carbocycles. The van der Waals surface area contributed by atoms with Crippen LogP contribution in [0.15, 0.2) is 36.4 Å². The molecule has 1 heterocycles. The van der Waals surface area contributed by atoms with Gasteiger partial charge < -0.3 is 9.64 Å². The predicted octanol–water partition coefficient (Wildman–Crippen LogP) is 3.81. The van der Waals surface area contributed by atoms with E-state index in [1.165, 1.54) is 27.8 Å². The molecule has 1 atom stereocenters. The number of ether oxygens (including phenoxy) is 1. The maximum atomic E-state index is 12.2. The van der Waals surface area contributed by atoms with E-state index in [1.54, 1.807) is 14.0 Å². The lowest BCUT2D eigenvalue weighted by molar-refractivity contribution is -0.130. The zero-order valence-electron chi connectivity index (χ0n) is 14.2. The van der Waals surface area contributed by atoms with Gasteiger partial charge in [0, 0.05) is 13.5 Å². The van der Waals surface area contributed by atoms with E-state index in [-0.39, 0.29) is 11.9 Å². The van der Waals surface area contributed by atoms with Crippen molar-refractivity contribution in [3.63, 3.8) is 0 Å². The lowest BCUT2D eigenvalue weighted by Crippen LogP contribution is -2.39. The molecule has 120 valence electrons. The fourth-order valence-corrected chi connectivity index (χ4v) is 3.60. The van der Waals surface area contributed by atoms with Crippen LogP contribution in [0.3, 0.4) is 0 Å². The molecular weight excluding hydrogens is 286 g/mol. The highest BCUT2D eigenvalue weighted by molar-refractivity contribution is 5.75. The number of fused-ring (bicyclic) bond motifs is 1. The van der Waals surface area contributed by atoms with E-state index >= 15 is 0 Å². The molecule has 0 radical (unpaired) electrons. The molecule has 1 unspecified atom stereocenters. The van der Waals surface area contributed by atoms with E-state index < -0.39 is 0 Å². The number of rotatable bonds is 2. The summed E-state index contributed by atoms with van der Waals surface area (Å²) in [5.74, 6) is 0.995. The average Bonchev–Trinajstić information content (AvgIpc) is 2.52. The number of methoxy groups -OCH3 is 1. The van der Waals surface area contributed by atoms with Crippen molar-refractivity contribution in [3.05, 3.63) is 64.2 Å². The van der Waals surface area contributed by atoms with Crippen LogP contribution >= 0.6 is 0 Å². The van der Waals surface area contributed by atoms with Crippen molar-refractivity contribution >= 4 is 5.91 Å². The Labute approximate surface area is 137 Å². The van der Waals surface area contributed by atoms with Crippen LogP contribution in [0.5, 0.6) is 5.75 Å². The van der Waals surface area contributed by atoms with Gasteiger partial charge in [0.05, 0.1) is 13.2 Å². The minimum atomic E-state index is -0.0132. The van der Waals surface area contributed by atoms with Crippen LogP contribution in [0.25, 0.3) is 0 Å². The zero-order valence-corrected chi connectivity index (χ0v) is 14.2. The number of hydrogen-bond acceptors (Lipinski definition) is 2. The summed E-state index contributed by atoms with van der Waals surface area (Å²) >= 11 is 0. The summed E-state index contributed by atoms with van der Waals surface area (Å²) in [5.41, 5.74) is 6.11. The molecule has 0 bridgehead atoms. The Kier molecular flexibility index (Phi) is 4.12. The standard InChI is InChI=1S/C20H23NO2/c1-13-9-14(2)11-17(10-13)20-19-6-5-18(23-4)12-16(19)7-8-21(20)15(3)22/h5-6,9-12,20H,7-8H2,1-4H3. The SMILES string of the molecule is COc1ccc2c(c1)CCN(C(C)=O)C2c1cc(C)cc(C)c1. The number of carbonyl (C=O) groups is 1. The van der Waals surface area contributed by atoms with Gasteiger partial charge in [-0.25, -0.2) is 0 Å². The van der Waals surface area contributed by atoms with Gasteiger partial charge in [-0.2, -0.15) is 0 Å². The van der Waals surface area contributed by atoms with Crippen LogP contribution in [-0.4, -0.2) is 24.5 Å². The predicted molar refractivity (Wildman–Crippen MR) is 91.8 cm³/mol. The van der Waals surface area contributed by atoms with E-state index in [9.17, 15) is 4.79 Å². The molecule has 1 aliphatic rings. The topological polar surface area (TPSA) is 29.5 Å². The van der Waals surface area contributed by atoms with Crippen molar-refractivity contribution < 1.29 is 9.53 Å². The summed E-state index contributed by atoms with van der Waals surface area (Å²) in [5, 5.41) is 0. The van der Waals surface area contributed by atoms with Crippen molar-refractivity contribution in [1.82, 2.24) is 4.90 Å². The van der Waals surface area contributed by atoms with E-state index in [4.69, 9.17) is 4.74 Å². The van der Waals surface area contributed by atoms with Crippen LogP contribution < -0.4 is 4.74 Å². The van der Waals surface area contributed by atoms with Crippen molar-refractivity contribution in [1.29, 1.82) is 0 Å². The van der Waals surface area contributed by atoms with E-state index in [0.717, 1.165) is 18.7 Å². The zero-order chi connectivity index (χ0) is 16.6. The second-order valence-corrected chi connectivity index (χ2v) is 6.35. The van der Waals surface area contributed by atoms with Gasteiger partial charge in [-0.3, -0.25) is 4.79 Å². The van der Waals surface area contributed by atoms with Crippen LogP contribution in [0.2, 0.25) is 0 Å². The molecule has 3 rings (SSSR count). The first-order chi connectivity index (χ1) is 11.0. The van der Waals surface area contributed by atoms with Crippen molar-refractivity contribution in [3.8, 4) is 5.75 Å². The van der Waals surface area contributed by atoms with Gasteiger partial charge in [-0.05, 0) is 49.1 Å². The smallest absolute Gasteiger partial charge is 0.220 e. The summed E-state index contributed by atoms with van der Waals surface area (Å²) in [4.78, 5) is 14.2. The molecule has 2 aromatic rings. The largest absolute Gasteiger partial charge is 0.497 e. The third-order valence-electron chi connectivity index (χ3n) is 4.54. The number of hydrogen-bond donors (Lipinski definition) is 0. The molecule has 0 aromatic heterocycles. The number of nitrogens with zero attached hydrogens (tertiary/aromatic N) is 1. The van der Waals surface area contributed by atoms with Gasteiger partial charge in [0.1, 0.15) is 5.75 Å². The normalized spacial score (nSPS) is 16.9. The van der Waals surface area contributed by atoms with Crippen molar-refractivity contribution in [2.45, 2.75) is 33.2 Å². The Bertz CT molecular complexity index is 731. The number of benzene rings is 2. The van der Waals surface area contributed by atoms with E-state index in [2.05, 4.69) is 44.2 Å². The van der Waals surface area contributed by atoms with Crippen LogP contribution in [0, 0.1) is 13.8 Å². The second-order valence-electron chi connectivity index (χ2n) is 6.35. The molecule has 0 N–H and O–H groups in total. The first-order valence-corrected chi connectivity index (χ1v) is 8.02. The fraction of sp³-hybridized carbons (Fsp3) is 0.350. The molecule has 1 aliphatic heterocycles. The van der Waals surface area contributed by atoms with Gasteiger partial charge in [-0.1, -0.05) is 35.4 Å². The highest BCUT2D eigenvalue weighted by Gasteiger charge is 2.30. The summed E-state index contributed by atoms with van der Waals surface area (Å²) in [6.45, 7) is 6.61. The first-order valence-electron chi connectivity index (χ1n) is 8.02. The summed E-state index contributed by atoms with van der Waals surface area (Å²) < 4.78 is 5.35. The number of aryl methyl sites for hydroxylation is 2. The third kappa shape index (κ3) is 2.96. The molecule has 0 saturated carbocycles. The lowest BCUT2D eigenvalue weighted by atomic mass is 9.87. The van der Waals surface area contributed by atoms with Gasteiger partial charge in [0.25, 0.3) is 0 Å². The molecule has 23 heavy (non-hydrogen) atoms. The van der Waals surface area contributed by atoms with Crippen molar-refractivity contribution in [2.75, 3.05) is 13.7 Å². The molecule has 3 nitrogen and oxygen atoms in total. The molecule has 1 amide bonds. The molecule has 0 spiro atoms. The highest BCUT2D eigenvalue weighted by Crippen LogP contribution is 2.37. The van der Waals surface area contributed by atoms with Gasteiger partial charge in [-0.15, -0.1) is 0 Å². The van der Waals surface area contributed by atoms with Gasteiger partial charge in [0.2, 0.25) is 5.91 Å². The minimum absolute atomic E-state index is 0.0132. The molecule has 3 heteroatoms. The number of amides is 1. The summed E-state index contributed by atoms with van der Waals surface area (Å²) in [6.07, 6.45) is 0.868. The monoisotopic (exact) mass is 309 g/mol. The summed E-state index contributed by atoms with van der Waals surface area (Å²) in [7, 11) is 1.69. The van der Waals surface area contributed by atoms with Crippen LogP contribution in [0.1, 0.15) is 40.8 Å². The molecule has 0 aliphatic carbocycles. The Morgan fingerprint density at radius 2 is 1.83 bits per heavy atom. The number of carbonyl (C=O) groups excluding carboxylic acids is 1. The summed E-state index contributed by atoms with van der Waals surface area (Å²) in [6, 6.07) is 12.7. The quantitative estimate of drug-likeness (QED) is 0.844.